The molecule has 2 saturated carbocycles. The van der Waals surface area contributed by atoms with Gasteiger partial charge in [0.15, 0.2) is 11.5 Å². The topological polar surface area (TPSA) is 68.6 Å². The van der Waals surface area contributed by atoms with Gasteiger partial charge in [-0.15, -0.1) is 0 Å². The minimum Gasteiger partial charge on any atom is -0.493 e. The van der Waals surface area contributed by atoms with Crippen LogP contribution in [0.4, 0.5) is 0 Å². The van der Waals surface area contributed by atoms with E-state index >= 15 is 0 Å². The molecule has 0 bridgehead atoms. The summed E-state index contributed by atoms with van der Waals surface area (Å²) in [6.07, 6.45) is 7.41. The molecule has 2 fully saturated rings. The molecule has 5 heteroatoms. The number of esters is 1. The van der Waals surface area contributed by atoms with Gasteiger partial charge in [-0.05, 0) is 69.1 Å². The third-order valence-corrected chi connectivity index (χ3v) is 5.90. The number of carbonyl (C=O) groups is 1. The fourth-order valence-corrected chi connectivity index (χ4v) is 4.23. The molecule has 0 saturated heterocycles. The number of benzene rings is 1. The quantitative estimate of drug-likeness (QED) is 0.707. The van der Waals surface area contributed by atoms with Crippen molar-refractivity contribution in [3.63, 3.8) is 0 Å². The molecular weight excluding hydrogens is 342 g/mol. The number of hydrogen-bond donors (Lipinski definition) is 0. The maximum absolute atomic E-state index is 11.8. The van der Waals surface area contributed by atoms with E-state index in [1.54, 1.807) is 7.11 Å². The molecule has 0 heterocycles. The molecule has 0 spiro atoms. The molecule has 2 aliphatic rings. The van der Waals surface area contributed by atoms with E-state index < -0.39 is 5.41 Å². The molecule has 147 valence electrons. The summed E-state index contributed by atoms with van der Waals surface area (Å²) in [4.78, 5) is 11.8. The van der Waals surface area contributed by atoms with Gasteiger partial charge in [0.1, 0.15) is 0 Å². The van der Waals surface area contributed by atoms with Crippen molar-refractivity contribution in [2.45, 2.75) is 62.9 Å². The smallest absolute Gasteiger partial charge is 0.308 e. The van der Waals surface area contributed by atoms with Crippen LogP contribution < -0.4 is 9.47 Å². The second-order valence-corrected chi connectivity index (χ2v) is 7.38. The standard InChI is InChI=1S/C21H27NO4.CH3/c1-24-18-8-7-16(13-19(18)26-17-5-3-4-6-17)21(14-22)11-9-15(10-12-21)20(23)25-2;/h7-8,13,15,17H,3-6,9-12H2,1-2H3;1H3. The number of nitriles is 1. The highest BCUT2D eigenvalue weighted by atomic mass is 16.5. The highest BCUT2D eigenvalue weighted by molar-refractivity contribution is 5.72. The van der Waals surface area contributed by atoms with Crippen LogP contribution in [0.5, 0.6) is 11.5 Å². The molecule has 27 heavy (non-hydrogen) atoms. The Labute approximate surface area is 162 Å². The summed E-state index contributed by atoms with van der Waals surface area (Å²) in [6.45, 7) is 0. The van der Waals surface area contributed by atoms with Gasteiger partial charge in [-0.25, -0.2) is 0 Å². The van der Waals surface area contributed by atoms with Crippen molar-refractivity contribution in [2.75, 3.05) is 14.2 Å². The molecule has 5 nitrogen and oxygen atoms in total. The molecular formula is C22H30NO4. The number of ether oxygens (including phenoxy) is 3. The van der Waals surface area contributed by atoms with Gasteiger partial charge in [0, 0.05) is 0 Å². The lowest BCUT2D eigenvalue weighted by Crippen LogP contribution is -2.33. The molecule has 0 aliphatic heterocycles. The predicted molar refractivity (Wildman–Crippen MR) is 104 cm³/mol. The third-order valence-electron chi connectivity index (χ3n) is 5.90. The number of hydrogen-bond acceptors (Lipinski definition) is 5. The van der Waals surface area contributed by atoms with Crippen LogP contribution in [-0.2, 0) is 14.9 Å². The molecule has 0 unspecified atom stereocenters. The van der Waals surface area contributed by atoms with Crippen LogP contribution >= 0.6 is 0 Å². The first-order valence-electron chi connectivity index (χ1n) is 9.46. The van der Waals surface area contributed by atoms with Gasteiger partial charge in [-0.3, -0.25) is 4.79 Å². The molecule has 1 radical (unpaired) electrons. The van der Waals surface area contributed by atoms with E-state index in [1.807, 2.05) is 18.2 Å². The lowest BCUT2D eigenvalue weighted by molar-refractivity contribution is -0.146. The Morgan fingerprint density at radius 1 is 1.11 bits per heavy atom. The first-order chi connectivity index (χ1) is 12.6. The number of rotatable bonds is 5. The molecule has 0 amide bonds. The van der Waals surface area contributed by atoms with Crippen molar-refractivity contribution in [3.05, 3.63) is 31.2 Å². The first kappa shape index (κ1) is 21.1. The van der Waals surface area contributed by atoms with Crippen molar-refractivity contribution in [2.24, 2.45) is 5.92 Å². The van der Waals surface area contributed by atoms with Gasteiger partial charge in [-0.2, -0.15) is 5.26 Å². The summed E-state index contributed by atoms with van der Waals surface area (Å²) < 4.78 is 16.5. The van der Waals surface area contributed by atoms with E-state index in [9.17, 15) is 10.1 Å². The van der Waals surface area contributed by atoms with Crippen LogP contribution in [0.2, 0.25) is 0 Å². The minimum atomic E-state index is -0.579. The van der Waals surface area contributed by atoms with Crippen LogP contribution in [0.15, 0.2) is 18.2 Å². The van der Waals surface area contributed by atoms with Gasteiger partial charge in [-0.1, -0.05) is 13.5 Å². The average Bonchev–Trinajstić information content (AvgIpc) is 3.20. The molecule has 3 rings (SSSR count). The van der Waals surface area contributed by atoms with Gasteiger partial charge < -0.3 is 14.2 Å². The molecule has 0 aromatic heterocycles. The SMILES string of the molecule is COC(=O)C1CCC(C#N)(c2ccc(OC)c(OC3CCCC3)c2)CC1.[CH3]. The predicted octanol–water partition coefficient (Wildman–Crippen LogP) is 4.59. The van der Waals surface area contributed by atoms with E-state index in [0.717, 1.165) is 24.2 Å². The second kappa shape index (κ2) is 9.12. The molecule has 1 aromatic carbocycles. The summed E-state index contributed by atoms with van der Waals surface area (Å²) in [6, 6.07) is 8.35. The van der Waals surface area contributed by atoms with E-state index in [-0.39, 0.29) is 25.4 Å². The van der Waals surface area contributed by atoms with E-state index in [2.05, 4.69) is 6.07 Å². The summed E-state index contributed by atoms with van der Waals surface area (Å²) in [7, 11) is 3.06. The number of nitrogens with zero attached hydrogens (tertiary/aromatic N) is 1. The zero-order chi connectivity index (χ0) is 18.6. The Kier molecular flexibility index (Phi) is 7.12. The van der Waals surface area contributed by atoms with E-state index in [4.69, 9.17) is 14.2 Å². The van der Waals surface area contributed by atoms with Gasteiger partial charge in [0.25, 0.3) is 0 Å². The van der Waals surface area contributed by atoms with E-state index in [1.165, 1.54) is 20.0 Å². The zero-order valence-electron chi connectivity index (χ0n) is 16.6. The summed E-state index contributed by atoms with van der Waals surface area (Å²) in [5.41, 5.74) is 0.377. The molecule has 0 atom stereocenters. The van der Waals surface area contributed by atoms with E-state index in [0.29, 0.717) is 31.4 Å². The van der Waals surface area contributed by atoms with Gasteiger partial charge in [0.2, 0.25) is 0 Å². The largest absolute Gasteiger partial charge is 0.493 e. The maximum atomic E-state index is 11.8. The summed E-state index contributed by atoms with van der Waals surface area (Å²) in [5.74, 6) is 1.16. The Balaban J connectivity index is 0.00000261. The zero-order valence-corrected chi connectivity index (χ0v) is 16.6. The van der Waals surface area contributed by atoms with Crippen molar-refractivity contribution in [1.29, 1.82) is 5.26 Å². The Morgan fingerprint density at radius 2 is 1.78 bits per heavy atom. The third kappa shape index (κ3) is 4.37. The minimum absolute atomic E-state index is 0. The van der Waals surface area contributed by atoms with Crippen molar-refractivity contribution in [1.82, 2.24) is 0 Å². The van der Waals surface area contributed by atoms with Crippen molar-refractivity contribution in [3.8, 4) is 17.6 Å². The Bertz CT molecular complexity index is 680. The number of carbonyl (C=O) groups excluding carboxylic acids is 1. The molecule has 1 aromatic rings. The first-order valence-corrected chi connectivity index (χ1v) is 9.46. The monoisotopic (exact) mass is 372 g/mol. The molecule has 2 aliphatic carbocycles. The lowest BCUT2D eigenvalue weighted by Gasteiger charge is -2.34. The number of methoxy groups -OCH3 is 2. The fourth-order valence-electron chi connectivity index (χ4n) is 4.23. The van der Waals surface area contributed by atoms with Gasteiger partial charge in [0.05, 0.1) is 37.7 Å². The van der Waals surface area contributed by atoms with Crippen LogP contribution in [0.25, 0.3) is 0 Å². The second-order valence-electron chi connectivity index (χ2n) is 7.38. The molecule has 0 N–H and O–H groups in total. The lowest BCUT2D eigenvalue weighted by atomic mass is 9.67. The van der Waals surface area contributed by atoms with Crippen LogP contribution in [0.1, 0.15) is 56.9 Å². The summed E-state index contributed by atoms with van der Waals surface area (Å²) >= 11 is 0. The Morgan fingerprint density at radius 3 is 2.33 bits per heavy atom. The normalized spacial score (nSPS) is 25.1. The van der Waals surface area contributed by atoms with Crippen molar-refractivity contribution < 1.29 is 19.0 Å². The van der Waals surface area contributed by atoms with Crippen molar-refractivity contribution >= 4 is 5.97 Å². The van der Waals surface area contributed by atoms with Crippen LogP contribution in [-0.4, -0.2) is 26.3 Å². The maximum Gasteiger partial charge on any atom is 0.308 e. The highest BCUT2D eigenvalue weighted by Crippen LogP contribution is 2.44. The average molecular weight is 372 g/mol. The van der Waals surface area contributed by atoms with Crippen LogP contribution in [0, 0.1) is 24.7 Å². The Hall–Kier alpha value is -2.22. The summed E-state index contributed by atoms with van der Waals surface area (Å²) in [5, 5.41) is 9.94. The van der Waals surface area contributed by atoms with Crippen LogP contribution in [0.3, 0.4) is 0 Å². The van der Waals surface area contributed by atoms with Gasteiger partial charge >= 0.3 is 5.97 Å². The highest BCUT2D eigenvalue weighted by Gasteiger charge is 2.40. The fraction of sp³-hybridized carbons (Fsp3) is 0.591.